The molecule has 8 heteroatoms. The van der Waals surface area contributed by atoms with Gasteiger partial charge in [-0.05, 0) is 36.4 Å². The average molecular weight is 361 g/mol. The second kappa shape index (κ2) is 7.22. The summed E-state index contributed by atoms with van der Waals surface area (Å²) in [7, 11) is 0. The summed E-state index contributed by atoms with van der Waals surface area (Å²) in [6.07, 6.45) is 1.32. The van der Waals surface area contributed by atoms with E-state index in [2.05, 4.69) is 15.6 Å². The van der Waals surface area contributed by atoms with Gasteiger partial charge in [-0.3, -0.25) is 4.79 Å². The SMILES string of the molecule is O=C(Nc1ccc(Nc2ccccc2F)cn1)c1ccc(F)c(F)c1F. The Morgan fingerprint density at radius 3 is 2.31 bits per heavy atom. The van der Waals surface area contributed by atoms with Crippen LogP contribution in [-0.4, -0.2) is 10.9 Å². The maximum atomic E-state index is 13.6. The molecular formula is C18H11F4N3O. The fraction of sp³-hybridized carbons (Fsp3) is 0. The number of rotatable bonds is 4. The van der Waals surface area contributed by atoms with Gasteiger partial charge in [-0.2, -0.15) is 0 Å². The van der Waals surface area contributed by atoms with Gasteiger partial charge < -0.3 is 10.6 Å². The Labute approximate surface area is 145 Å². The second-order valence-electron chi connectivity index (χ2n) is 5.21. The number of carbonyl (C=O) groups is 1. The third kappa shape index (κ3) is 3.64. The lowest BCUT2D eigenvalue weighted by Gasteiger charge is -2.09. The zero-order chi connectivity index (χ0) is 18.7. The van der Waals surface area contributed by atoms with Crippen LogP contribution < -0.4 is 10.6 Å². The van der Waals surface area contributed by atoms with E-state index in [1.165, 1.54) is 30.5 Å². The molecule has 26 heavy (non-hydrogen) atoms. The first-order valence-corrected chi connectivity index (χ1v) is 7.38. The molecule has 3 aromatic rings. The molecule has 2 N–H and O–H groups in total. The van der Waals surface area contributed by atoms with Crippen molar-refractivity contribution in [1.29, 1.82) is 0 Å². The van der Waals surface area contributed by atoms with E-state index in [9.17, 15) is 22.4 Å². The van der Waals surface area contributed by atoms with E-state index >= 15 is 0 Å². The van der Waals surface area contributed by atoms with Crippen molar-refractivity contribution in [2.45, 2.75) is 0 Å². The highest BCUT2D eigenvalue weighted by molar-refractivity contribution is 6.04. The standard InChI is InChI=1S/C18H11F4N3O/c19-12-3-1-2-4-14(12)24-10-5-8-15(23-9-10)25-18(26)11-6-7-13(20)17(22)16(11)21/h1-9,24H,(H,23,25,26). The van der Waals surface area contributed by atoms with Gasteiger partial charge in [-0.15, -0.1) is 0 Å². The number of nitrogens with zero attached hydrogens (tertiary/aromatic N) is 1. The van der Waals surface area contributed by atoms with Crippen molar-refractivity contribution in [2.75, 3.05) is 10.6 Å². The normalized spacial score (nSPS) is 10.5. The van der Waals surface area contributed by atoms with E-state index in [1.54, 1.807) is 12.1 Å². The molecule has 1 amide bonds. The van der Waals surface area contributed by atoms with Crippen LogP contribution in [-0.2, 0) is 0 Å². The summed E-state index contributed by atoms with van der Waals surface area (Å²) in [5.74, 6) is -6.07. The molecule has 0 fully saturated rings. The molecule has 0 unspecified atom stereocenters. The van der Waals surface area contributed by atoms with Crippen LogP contribution in [0.1, 0.15) is 10.4 Å². The maximum Gasteiger partial charge on any atom is 0.259 e. The van der Waals surface area contributed by atoms with Crippen LogP contribution in [0.15, 0.2) is 54.7 Å². The van der Waals surface area contributed by atoms with Gasteiger partial charge >= 0.3 is 0 Å². The zero-order valence-electron chi connectivity index (χ0n) is 13.1. The monoisotopic (exact) mass is 361 g/mol. The summed E-state index contributed by atoms with van der Waals surface area (Å²) < 4.78 is 53.3. The third-order valence-corrected chi connectivity index (χ3v) is 3.44. The molecule has 0 aliphatic rings. The van der Waals surface area contributed by atoms with Gasteiger partial charge in [0, 0.05) is 0 Å². The van der Waals surface area contributed by atoms with E-state index in [1.807, 2.05) is 0 Å². The first-order chi connectivity index (χ1) is 12.5. The first kappa shape index (κ1) is 17.4. The number of benzene rings is 2. The largest absolute Gasteiger partial charge is 0.352 e. The molecule has 3 rings (SSSR count). The van der Waals surface area contributed by atoms with Gasteiger partial charge in [0.25, 0.3) is 5.91 Å². The first-order valence-electron chi connectivity index (χ1n) is 7.38. The van der Waals surface area contributed by atoms with Crippen LogP contribution >= 0.6 is 0 Å². The van der Waals surface area contributed by atoms with E-state index in [-0.39, 0.29) is 11.5 Å². The summed E-state index contributed by atoms with van der Waals surface area (Å²) in [5.41, 5.74) is 0.0429. The van der Waals surface area contributed by atoms with Gasteiger partial charge in [0.2, 0.25) is 0 Å². The molecule has 132 valence electrons. The van der Waals surface area contributed by atoms with Crippen molar-refractivity contribution in [3.8, 4) is 0 Å². The number of pyridine rings is 1. The number of halogens is 4. The molecule has 0 bridgehead atoms. The summed E-state index contributed by atoms with van der Waals surface area (Å²) in [4.78, 5) is 15.9. The fourth-order valence-corrected chi connectivity index (χ4v) is 2.14. The number of aromatic nitrogens is 1. The molecular weight excluding hydrogens is 350 g/mol. The summed E-state index contributed by atoms with van der Waals surface area (Å²) >= 11 is 0. The molecule has 4 nitrogen and oxygen atoms in total. The van der Waals surface area contributed by atoms with Gasteiger partial charge in [0.05, 0.1) is 23.1 Å². The maximum absolute atomic E-state index is 13.6. The summed E-state index contributed by atoms with van der Waals surface area (Å²) in [6.45, 7) is 0. The van der Waals surface area contributed by atoms with Crippen LogP contribution in [0.5, 0.6) is 0 Å². The third-order valence-electron chi connectivity index (χ3n) is 3.44. The number of amides is 1. The molecule has 0 atom stereocenters. The fourth-order valence-electron chi connectivity index (χ4n) is 2.14. The molecule has 1 aromatic heterocycles. The van der Waals surface area contributed by atoms with E-state index in [0.29, 0.717) is 11.8 Å². The number of nitrogens with one attached hydrogen (secondary N) is 2. The minimum absolute atomic E-state index is 0.0539. The van der Waals surface area contributed by atoms with Crippen LogP contribution in [0, 0.1) is 23.3 Å². The minimum Gasteiger partial charge on any atom is -0.352 e. The quantitative estimate of drug-likeness (QED) is 0.526. The van der Waals surface area contributed by atoms with E-state index in [0.717, 1.165) is 6.07 Å². The molecule has 1 heterocycles. The highest BCUT2D eigenvalue weighted by atomic mass is 19.2. The number of anilines is 3. The van der Waals surface area contributed by atoms with Crippen molar-refractivity contribution < 1.29 is 22.4 Å². The molecule has 0 spiro atoms. The Morgan fingerprint density at radius 2 is 1.62 bits per heavy atom. The Morgan fingerprint density at radius 1 is 0.846 bits per heavy atom. The highest BCUT2D eigenvalue weighted by Gasteiger charge is 2.19. The topological polar surface area (TPSA) is 54.0 Å². The molecule has 0 saturated carbocycles. The predicted octanol–water partition coefficient (Wildman–Crippen LogP) is 4.63. The number of hydrogen-bond acceptors (Lipinski definition) is 3. The minimum atomic E-state index is -1.73. The number of para-hydroxylation sites is 1. The molecule has 2 aromatic carbocycles. The number of hydrogen-bond donors (Lipinski definition) is 2. The van der Waals surface area contributed by atoms with Crippen LogP contribution in [0.25, 0.3) is 0 Å². The average Bonchev–Trinajstić information content (AvgIpc) is 2.63. The van der Waals surface area contributed by atoms with Gasteiger partial charge in [-0.25, -0.2) is 22.5 Å². The Kier molecular flexibility index (Phi) is 4.83. The molecule has 0 saturated heterocycles. The van der Waals surface area contributed by atoms with E-state index < -0.39 is 34.7 Å². The van der Waals surface area contributed by atoms with Crippen LogP contribution in [0.2, 0.25) is 0 Å². The molecule has 0 radical (unpaired) electrons. The van der Waals surface area contributed by atoms with Crippen molar-refractivity contribution in [3.05, 3.63) is 83.6 Å². The van der Waals surface area contributed by atoms with Gasteiger partial charge in [0.15, 0.2) is 17.5 Å². The van der Waals surface area contributed by atoms with Crippen LogP contribution in [0.4, 0.5) is 34.8 Å². The lowest BCUT2D eigenvalue weighted by molar-refractivity contribution is 0.102. The van der Waals surface area contributed by atoms with Crippen molar-refractivity contribution >= 4 is 23.1 Å². The Bertz CT molecular complexity index is 961. The Hall–Kier alpha value is -3.42. The van der Waals surface area contributed by atoms with Crippen LogP contribution in [0.3, 0.4) is 0 Å². The van der Waals surface area contributed by atoms with Crippen molar-refractivity contribution in [3.63, 3.8) is 0 Å². The second-order valence-corrected chi connectivity index (χ2v) is 5.21. The molecule has 0 aliphatic heterocycles. The van der Waals surface area contributed by atoms with Crippen molar-refractivity contribution in [2.24, 2.45) is 0 Å². The van der Waals surface area contributed by atoms with Crippen molar-refractivity contribution in [1.82, 2.24) is 4.98 Å². The van der Waals surface area contributed by atoms with Gasteiger partial charge in [0.1, 0.15) is 11.6 Å². The molecule has 0 aliphatic carbocycles. The smallest absolute Gasteiger partial charge is 0.259 e. The number of carbonyl (C=O) groups excluding carboxylic acids is 1. The lowest BCUT2D eigenvalue weighted by Crippen LogP contribution is -2.16. The summed E-state index contributed by atoms with van der Waals surface area (Å²) in [6, 6.07) is 10.4. The predicted molar refractivity (Wildman–Crippen MR) is 88.2 cm³/mol. The van der Waals surface area contributed by atoms with E-state index in [4.69, 9.17) is 0 Å². The Balaban J connectivity index is 1.72. The zero-order valence-corrected chi connectivity index (χ0v) is 13.1. The van der Waals surface area contributed by atoms with Gasteiger partial charge in [-0.1, -0.05) is 12.1 Å². The summed E-state index contributed by atoms with van der Waals surface area (Å²) in [5, 5.41) is 5.07. The highest BCUT2D eigenvalue weighted by Crippen LogP contribution is 2.20. The lowest BCUT2D eigenvalue weighted by atomic mass is 10.2.